The van der Waals surface area contributed by atoms with Crippen molar-refractivity contribution in [1.82, 2.24) is 5.32 Å². The zero-order valence-corrected chi connectivity index (χ0v) is 20.9. The van der Waals surface area contributed by atoms with Crippen molar-refractivity contribution < 1.29 is 24.2 Å². The Morgan fingerprint density at radius 1 is 1.24 bits per heavy atom. The number of amides is 1. The van der Waals surface area contributed by atoms with E-state index in [-0.39, 0.29) is 23.2 Å². The number of rotatable bonds is 6. The second kappa shape index (κ2) is 9.93. The van der Waals surface area contributed by atoms with E-state index in [9.17, 15) is 14.7 Å². The van der Waals surface area contributed by atoms with Gasteiger partial charge in [-0.15, -0.1) is 0 Å². The predicted octanol–water partition coefficient (Wildman–Crippen LogP) is 5.17. The lowest BCUT2D eigenvalue weighted by Gasteiger charge is -2.34. The standard InChI is InChI=1S/C26H27BrN2O5/c1-4-34-21-13-15(12-16(27)25(21)31)23-22(14(2)28-18-9-7-10-19(30)24(18)23)26(32)29-17-8-5-6-11-20(17)33-3/h5-6,8,11-13,23,28,31H,4,7,9-10H2,1-3H3,(H,29,32)/t23-/m0/s1. The van der Waals surface area contributed by atoms with Crippen LogP contribution in [0.1, 0.15) is 44.6 Å². The molecule has 0 unspecified atom stereocenters. The van der Waals surface area contributed by atoms with Crippen molar-refractivity contribution in [2.75, 3.05) is 19.0 Å². The van der Waals surface area contributed by atoms with Crippen LogP contribution in [0.15, 0.2) is 63.4 Å². The minimum atomic E-state index is -0.616. The van der Waals surface area contributed by atoms with E-state index >= 15 is 0 Å². The summed E-state index contributed by atoms with van der Waals surface area (Å²) >= 11 is 3.40. The Kier molecular flexibility index (Phi) is 6.97. The summed E-state index contributed by atoms with van der Waals surface area (Å²) in [7, 11) is 1.54. The molecule has 1 aliphatic carbocycles. The van der Waals surface area contributed by atoms with Crippen LogP contribution in [0.4, 0.5) is 5.69 Å². The molecule has 0 saturated heterocycles. The number of methoxy groups -OCH3 is 1. The molecule has 2 aromatic rings. The van der Waals surface area contributed by atoms with Gasteiger partial charge in [0.2, 0.25) is 0 Å². The smallest absolute Gasteiger partial charge is 0.254 e. The summed E-state index contributed by atoms with van der Waals surface area (Å²) in [6, 6.07) is 10.6. The van der Waals surface area contributed by atoms with Gasteiger partial charge in [-0.25, -0.2) is 0 Å². The van der Waals surface area contributed by atoms with E-state index in [1.165, 1.54) is 0 Å². The normalized spacial score (nSPS) is 17.8. The molecule has 2 aromatic carbocycles. The highest BCUT2D eigenvalue weighted by Crippen LogP contribution is 2.46. The highest BCUT2D eigenvalue weighted by Gasteiger charge is 2.39. The Labute approximate surface area is 207 Å². The van der Waals surface area contributed by atoms with Gasteiger partial charge in [0.25, 0.3) is 5.91 Å². The Morgan fingerprint density at radius 2 is 2.00 bits per heavy atom. The second-order valence-electron chi connectivity index (χ2n) is 8.20. The van der Waals surface area contributed by atoms with Crippen molar-refractivity contribution in [3.63, 3.8) is 0 Å². The number of ketones is 1. The molecule has 0 bridgehead atoms. The molecule has 34 heavy (non-hydrogen) atoms. The fourth-order valence-electron chi connectivity index (χ4n) is 4.58. The number of carbonyl (C=O) groups excluding carboxylic acids is 2. The molecule has 0 radical (unpaired) electrons. The summed E-state index contributed by atoms with van der Waals surface area (Å²) in [6.07, 6.45) is 1.92. The van der Waals surface area contributed by atoms with Crippen LogP contribution in [0.25, 0.3) is 0 Å². The number of para-hydroxylation sites is 2. The third kappa shape index (κ3) is 4.42. The van der Waals surface area contributed by atoms with Crippen LogP contribution in [0, 0.1) is 0 Å². The Hall–Kier alpha value is -3.26. The number of dihydropyridines is 1. The van der Waals surface area contributed by atoms with Crippen molar-refractivity contribution >= 4 is 33.3 Å². The van der Waals surface area contributed by atoms with E-state index in [4.69, 9.17) is 9.47 Å². The molecule has 0 spiro atoms. The molecule has 4 rings (SSSR count). The maximum atomic E-state index is 13.7. The van der Waals surface area contributed by atoms with Crippen LogP contribution < -0.4 is 20.1 Å². The monoisotopic (exact) mass is 526 g/mol. The average molecular weight is 527 g/mol. The summed E-state index contributed by atoms with van der Waals surface area (Å²) in [5.41, 5.74) is 3.75. The minimum absolute atomic E-state index is 0.0102. The van der Waals surface area contributed by atoms with E-state index in [0.29, 0.717) is 51.3 Å². The first-order chi connectivity index (χ1) is 16.3. The number of Topliss-reactive ketones (excluding diaryl/α,β-unsaturated/α-hetero) is 1. The first kappa shape index (κ1) is 23.9. The van der Waals surface area contributed by atoms with Crippen LogP contribution in [0.2, 0.25) is 0 Å². The number of halogens is 1. The first-order valence-corrected chi connectivity index (χ1v) is 12.0. The Bertz CT molecular complexity index is 1220. The maximum absolute atomic E-state index is 13.7. The average Bonchev–Trinajstić information content (AvgIpc) is 2.81. The topological polar surface area (TPSA) is 96.9 Å². The molecule has 2 aliphatic rings. The molecule has 1 atom stereocenters. The maximum Gasteiger partial charge on any atom is 0.254 e. The molecule has 0 aromatic heterocycles. The lowest BCUT2D eigenvalue weighted by atomic mass is 9.75. The number of phenolic OH excluding ortho intramolecular Hbond substituents is 1. The zero-order valence-electron chi connectivity index (χ0n) is 19.3. The van der Waals surface area contributed by atoms with Crippen LogP contribution in [-0.2, 0) is 9.59 Å². The van der Waals surface area contributed by atoms with Crippen molar-refractivity contribution in [2.45, 2.75) is 39.0 Å². The summed E-state index contributed by atoms with van der Waals surface area (Å²) in [6.45, 7) is 4.02. The number of hydrogen-bond donors (Lipinski definition) is 3. The third-order valence-electron chi connectivity index (χ3n) is 6.06. The summed E-state index contributed by atoms with van der Waals surface area (Å²) in [5.74, 6) is -0.145. The largest absolute Gasteiger partial charge is 0.503 e. The van der Waals surface area contributed by atoms with E-state index in [0.717, 1.165) is 18.5 Å². The number of benzene rings is 2. The SMILES string of the molecule is CCOc1cc([C@H]2C(C(=O)Nc3ccccc3OC)=C(C)NC3=C2C(=O)CCC3)cc(Br)c1O. The van der Waals surface area contributed by atoms with Crippen LogP contribution in [0.3, 0.4) is 0 Å². The minimum Gasteiger partial charge on any atom is -0.503 e. The van der Waals surface area contributed by atoms with Crippen molar-refractivity contribution in [2.24, 2.45) is 0 Å². The number of hydrogen-bond acceptors (Lipinski definition) is 6. The van der Waals surface area contributed by atoms with Crippen LogP contribution in [0.5, 0.6) is 17.2 Å². The van der Waals surface area contributed by atoms with Gasteiger partial charge in [0.05, 0.1) is 23.9 Å². The molecule has 178 valence electrons. The van der Waals surface area contributed by atoms with Gasteiger partial charge < -0.3 is 25.2 Å². The van der Waals surface area contributed by atoms with Gasteiger partial charge in [-0.3, -0.25) is 9.59 Å². The zero-order chi connectivity index (χ0) is 24.4. The molecule has 1 aliphatic heterocycles. The van der Waals surface area contributed by atoms with Crippen LogP contribution in [-0.4, -0.2) is 30.5 Å². The van der Waals surface area contributed by atoms with Crippen molar-refractivity contribution in [1.29, 1.82) is 0 Å². The predicted molar refractivity (Wildman–Crippen MR) is 133 cm³/mol. The number of ether oxygens (including phenoxy) is 2. The van der Waals surface area contributed by atoms with Crippen molar-refractivity contribution in [3.05, 3.63) is 69.0 Å². The van der Waals surface area contributed by atoms with Crippen molar-refractivity contribution in [3.8, 4) is 17.2 Å². The van der Waals surface area contributed by atoms with E-state index in [2.05, 4.69) is 26.6 Å². The molecule has 0 saturated carbocycles. The molecule has 1 heterocycles. The Morgan fingerprint density at radius 3 is 2.74 bits per heavy atom. The van der Waals surface area contributed by atoms with E-state index in [1.54, 1.807) is 31.4 Å². The van der Waals surface area contributed by atoms with E-state index < -0.39 is 5.92 Å². The fraction of sp³-hybridized carbons (Fsp3) is 0.308. The summed E-state index contributed by atoms with van der Waals surface area (Å²) in [4.78, 5) is 26.8. The molecule has 7 nitrogen and oxygen atoms in total. The molecular formula is C26H27BrN2O5. The molecular weight excluding hydrogens is 500 g/mol. The van der Waals surface area contributed by atoms with Gasteiger partial charge in [0.1, 0.15) is 5.75 Å². The molecule has 1 amide bonds. The number of carbonyl (C=O) groups is 2. The van der Waals surface area contributed by atoms with Gasteiger partial charge in [0, 0.05) is 34.9 Å². The number of phenols is 1. The molecule has 8 heteroatoms. The highest BCUT2D eigenvalue weighted by molar-refractivity contribution is 9.10. The highest BCUT2D eigenvalue weighted by atomic mass is 79.9. The van der Waals surface area contributed by atoms with Gasteiger partial charge in [-0.1, -0.05) is 12.1 Å². The quantitative estimate of drug-likeness (QED) is 0.480. The molecule has 3 N–H and O–H groups in total. The number of nitrogens with one attached hydrogen (secondary N) is 2. The van der Waals surface area contributed by atoms with Crippen LogP contribution >= 0.6 is 15.9 Å². The van der Waals surface area contributed by atoms with E-state index in [1.807, 2.05) is 26.0 Å². The van der Waals surface area contributed by atoms with Gasteiger partial charge in [-0.05, 0) is 72.4 Å². The van der Waals surface area contributed by atoms with Gasteiger partial charge in [0.15, 0.2) is 17.3 Å². The lowest BCUT2D eigenvalue weighted by Crippen LogP contribution is -2.35. The fourth-order valence-corrected chi connectivity index (χ4v) is 5.04. The van der Waals surface area contributed by atoms with Gasteiger partial charge in [-0.2, -0.15) is 0 Å². The van der Waals surface area contributed by atoms with Gasteiger partial charge >= 0.3 is 0 Å². The third-order valence-corrected chi connectivity index (χ3v) is 6.66. The number of aromatic hydroxyl groups is 1. The number of allylic oxidation sites excluding steroid dienone is 3. The summed E-state index contributed by atoms with van der Waals surface area (Å²) < 4.78 is 11.4. The second-order valence-corrected chi connectivity index (χ2v) is 9.06. The lowest BCUT2D eigenvalue weighted by molar-refractivity contribution is -0.116. The first-order valence-electron chi connectivity index (χ1n) is 11.2. The Balaban J connectivity index is 1.85. The number of anilines is 1. The molecule has 0 fully saturated rings. The summed E-state index contributed by atoms with van der Waals surface area (Å²) in [5, 5.41) is 16.7.